The van der Waals surface area contributed by atoms with Gasteiger partial charge in [-0.3, -0.25) is 9.59 Å². The number of hydrogen-bond donors (Lipinski definition) is 2. The van der Waals surface area contributed by atoms with E-state index in [1.807, 2.05) is 60.7 Å². The van der Waals surface area contributed by atoms with Gasteiger partial charge in [0.05, 0.1) is 4.90 Å². The summed E-state index contributed by atoms with van der Waals surface area (Å²) in [6.45, 7) is 1.66. The Balaban J connectivity index is 1.52. The molecule has 9 heteroatoms. The molecule has 41 heavy (non-hydrogen) atoms. The number of amides is 2. The van der Waals surface area contributed by atoms with Gasteiger partial charge in [-0.15, -0.1) is 0 Å². The Morgan fingerprint density at radius 3 is 2.07 bits per heavy atom. The van der Waals surface area contributed by atoms with Crippen LogP contribution in [0.2, 0.25) is 0 Å². The van der Waals surface area contributed by atoms with E-state index >= 15 is 0 Å². The second-order valence-corrected chi connectivity index (χ2v) is 12.3. The number of nitrogens with zero attached hydrogens (tertiary/aromatic N) is 2. The van der Waals surface area contributed by atoms with Gasteiger partial charge in [-0.05, 0) is 54.5 Å². The molecule has 2 N–H and O–H groups in total. The SMILES string of the molecule is O=C(NCCCO)[C@@H](Cc1ccccc1)N(Cc1ccccc1)C(=O)CCc1ccc(S(=O)(=O)N2CCCC2)cc1. The minimum atomic E-state index is -3.50. The van der Waals surface area contributed by atoms with Crippen LogP contribution in [0.4, 0.5) is 0 Å². The van der Waals surface area contributed by atoms with Crippen LogP contribution < -0.4 is 5.32 Å². The summed E-state index contributed by atoms with van der Waals surface area (Å²) >= 11 is 0. The van der Waals surface area contributed by atoms with E-state index < -0.39 is 16.1 Å². The van der Waals surface area contributed by atoms with Crippen molar-refractivity contribution in [2.75, 3.05) is 26.2 Å². The molecule has 1 fully saturated rings. The number of benzene rings is 3. The van der Waals surface area contributed by atoms with Crippen molar-refractivity contribution in [3.05, 3.63) is 102 Å². The molecule has 0 unspecified atom stereocenters. The van der Waals surface area contributed by atoms with Crippen molar-refractivity contribution in [1.29, 1.82) is 0 Å². The first-order valence-electron chi connectivity index (χ1n) is 14.2. The van der Waals surface area contributed by atoms with Crippen molar-refractivity contribution >= 4 is 21.8 Å². The first kappa shape index (κ1) is 30.4. The number of carbonyl (C=O) groups excluding carboxylic acids is 2. The van der Waals surface area contributed by atoms with Crippen LogP contribution in [0.5, 0.6) is 0 Å². The van der Waals surface area contributed by atoms with Gasteiger partial charge in [-0.1, -0.05) is 72.8 Å². The molecule has 0 bridgehead atoms. The summed E-state index contributed by atoms with van der Waals surface area (Å²) in [5, 5.41) is 12.1. The van der Waals surface area contributed by atoms with E-state index in [4.69, 9.17) is 0 Å². The molecule has 218 valence electrons. The maximum Gasteiger partial charge on any atom is 0.243 e. The predicted molar refractivity (Wildman–Crippen MR) is 158 cm³/mol. The van der Waals surface area contributed by atoms with E-state index in [1.54, 1.807) is 29.2 Å². The van der Waals surface area contributed by atoms with Crippen LogP contribution in [0.3, 0.4) is 0 Å². The molecule has 1 atom stereocenters. The van der Waals surface area contributed by atoms with E-state index in [2.05, 4.69) is 5.32 Å². The molecule has 3 aromatic carbocycles. The zero-order valence-corrected chi connectivity index (χ0v) is 24.1. The van der Waals surface area contributed by atoms with E-state index in [0.29, 0.717) is 38.9 Å². The van der Waals surface area contributed by atoms with Crippen LogP contribution in [0.25, 0.3) is 0 Å². The van der Waals surface area contributed by atoms with Crippen molar-refractivity contribution in [1.82, 2.24) is 14.5 Å². The molecule has 4 rings (SSSR count). The lowest BCUT2D eigenvalue weighted by molar-refractivity contribution is -0.141. The maximum atomic E-state index is 13.8. The average molecular weight is 578 g/mol. The van der Waals surface area contributed by atoms with Crippen molar-refractivity contribution < 1.29 is 23.1 Å². The Morgan fingerprint density at radius 2 is 1.46 bits per heavy atom. The van der Waals surface area contributed by atoms with Crippen LogP contribution >= 0.6 is 0 Å². The Bertz CT molecular complexity index is 1360. The van der Waals surface area contributed by atoms with Crippen LogP contribution in [0, 0.1) is 0 Å². The van der Waals surface area contributed by atoms with E-state index in [0.717, 1.165) is 29.5 Å². The van der Waals surface area contributed by atoms with Crippen LogP contribution in [0.15, 0.2) is 89.8 Å². The lowest BCUT2D eigenvalue weighted by Gasteiger charge is -2.31. The third-order valence-electron chi connectivity index (χ3n) is 7.35. The largest absolute Gasteiger partial charge is 0.396 e. The molecule has 8 nitrogen and oxygen atoms in total. The van der Waals surface area contributed by atoms with Crippen molar-refractivity contribution in [2.24, 2.45) is 0 Å². The number of carbonyl (C=O) groups is 2. The van der Waals surface area contributed by atoms with Crippen LogP contribution in [-0.2, 0) is 39.0 Å². The van der Waals surface area contributed by atoms with Gasteiger partial charge < -0.3 is 15.3 Å². The summed E-state index contributed by atoms with van der Waals surface area (Å²) in [4.78, 5) is 29.1. The minimum Gasteiger partial charge on any atom is -0.396 e. The minimum absolute atomic E-state index is 0.0333. The first-order valence-corrected chi connectivity index (χ1v) is 15.7. The third kappa shape index (κ3) is 8.48. The fourth-order valence-electron chi connectivity index (χ4n) is 5.04. The monoisotopic (exact) mass is 577 g/mol. The number of rotatable bonds is 14. The highest BCUT2D eigenvalue weighted by atomic mass is 32.2. The summed E-state index contributed by atoms with van der Waals surface area (Å²) in [5.41, 5.74) is 2.71. The zero-order chi connectivity index (χ0) is 29.1. The van der Waals surface area contributed by atoms with Crippen molar-refractivity contribution in [3.8, 4) is 0 Å². The highest BCUT2D eigenvalue weighted by Crippen LogP contribution is 2.22. The summed E-state index contributed by atoms with van der Waals surface area (Å²) in [6, 6.07) is 25.2. The van der Waals surface area contributed by atoms with Gasteiger partial charge in [-0.2, -0.15) is 4.31 Å². The summed E-state index contributed by atoms with van der Waals surface area (Å²) in [5.74, 6) is -0.427. The Kier molecular flexibility index (Phi) is 11.1. The van der Waals surface area contributed by atoms with Crippen molar-refractivity contribution in [3.63, 3.8) is 0 Å². The molecule has 1 heterocycles. The summed E-state index contributed by atoms with van der Waals surface area (Å²) in [7, 11) is -3.50. The van der Waals surface area contributed by atoms with Crippen LogP contribution in [0.1, 0.15) is 42.4 Å². The van der Waals surface area contributed by atoms with Crippen LogP contribution in [-0.4, -0.2) is 66.8 Å². The maximum absolute atomic E-state index is 13.8. The molecule has 2 amide bonds. The Labute approximate surface area is 243 Å². The molecule has 3 aromatic rings. The third-order valence-corrected chi connectivity index (χ3v) is 9.27. The van der Waals surface area contributed by atoms with Gasteiger partial charge in [0.15, 0.2) is 0 Å². The quantitative estimate of drug-likeness (QED) is 0.285. The highest BCUT2D eigenvalue weighted by Gasteiger charge is 2.30. The normalized spacial score (nSPS) is 14.5. The second-order valence-electron chi connectivity index (χ2n) is 10.3. The summed E-state index contributed by atoms with van der Waals surface area (Å²) in [6.07, 6.45) is 3.12. The van der Waals surface area contributed by atoms with E-state index in [-0.39, 0.29) is 36.3 Å². The average Bonchev–Trinajstić information content (AvgIpc) is 3.55. The molecular formula is C32H39N3O5S. The first-order chi connectivity index (χ1) is 19.9. The molecular weight excluding hydrogens is 538 g/mol. The smallest absolute Gasteiger partial charge is 0.243 e. The Hall–Kier alpha value is -3.53. The molecule has 1 saturated heterocycles. The molecule has 0 radical (unpaired) electrons. The fraction of sp³-hybridized carbons (Fsp3) is 0.375. The van der Waals surface area contributed by atoms with Crippen molar-refractivity contribution in [2.45, 2.75) is 56.0 Å². The van der Waals surface area contributed by atoms with Gasteiger partial charge in [0.2, 0.25) is 21.8 Å². The number of hydrogen-bond acceptors (Lipinski definition) is 5. The van der Waals surface area contributed by atoms with Gasteiger partial charge in [0, 0.05) is 45.6 Å². The predicted octanol–water partition coefficient (Wildman–Crippen LogP) is 3.54. The van der Waals surface area contributed by atoms with Gasteiger partial charge in [0.25, 0.3) is 0 Å². The molecule has 0 spiro atoms. The second kappa shape index (κ2) is 14.9. The topological polar surface area (TPSA) is 107 Å². The number of nitrogens with one attached hydrogen (secondary N) is 1. The number of aryl methyl sites for hydroxylation is 1. The summed E-state index contributed by atoms with van der Waals surface area (Å²) < 4.78 is 27.3. The zero-order valence-electron chi connectivity index (χ0n) is 23.3. The number of aliphatic hydroxyl groups excluding tert-OH is 1. The van der Waals surface area contributed by atoms with Gasteiger partial charge >= 0.3 is 0 Å². The molecule has 0 aliphatic carbocycles. The number of sulfonamides is 1. The lowest BCUT2D eigenvalue weighted by Crippen LogP contribution is -2.50. The van der Waals surface area contributed by atoms with E-state index in [9.17, 15) is 23.1 Å². The molecule has 0 aromatic heterocycles. The lowest BCUT2D eigenvalue weighted by atomic mass is 10.0. The van der Waals surface area contributed by atoms with Gasteiger partial charge in [0.1, 0.15) is 6.04 Å². The Morgan fingerprint density at radius 1 is 0.854 bits per heavy atom. The van der Waals surface area contributed by atoms with Gasteiger partial charge in [-0.25, -0.2) is 8.42 Å². The highest BCUT2D eigenvalue weighted by molar-refractivity contribution is 7.89. The molecule has 1 aliphatic rings. The van der Waals surface area contributed by atoms with E-state index in [1.165, 1.54) is 4.31 Å². The molecule has 0 saturated carbocycles. The fourth-order valence-corrected chi connectivity index (χ4v) is 6.56. The standard InChI is InChI=1S/C32H39N3O5S/c36-23-9-20-33-32(38)30(24-27-10-3-1-4-11-27)35(25-28-12-5-2-6-13-28)31(37)19-16-26-14-17-29(18-15-26)41(39,40)34-21-7-8-22-34/h1-6,10-15,17-18,30,36H,7-9,16,19-25H2,(H,33,38)/t30-/m1/s1. The molecule has 1 aliphatic heterocycles. The number of aliphatic hydroxyl groups is 1.